The minimum Gasteiger partial charge on any atom is -0.469 e. The summed E-state index contributed by atoms with van der Waals surface area (Å²) < 4.78 is 10.8. The topological polar surface area (TPSA) is 52.6 Å². The number of hydrogen-bond acceptors (Lipinski definition) is 4. The number of esters is 1. The Labute approximate surface area is 143 Å². The zero-order valence-corrected chi connectivity index (χ0v) is 14.7. The van der Waals surface area contributed by atoms with Gasteiger partial charge in [0.25, 0.3) is 0 Å². The van der Waals surface area contributed by atoms with Gasteiger partial charge in [0.05, 0.1) is 20.1 Å². The molecule has 1 aliphatic rings. The van der Waals surface area contributed by atoms with Crippen molar-refractivity contribution >= 4 is 11.8 Å². The predicted molar refractivity (Wildman–Crippen MR) is 92.3 cm³/mol. The standard InChI is InChI=1S/C20H26O4/c1-5-20(24-14-15-9-7-6-8-10-15)12-16(11-17(20)21)19(2,3)13-18(22)23-4/h5-10,16H,1,11-14H2,2-4H3/t16?,20-/m0/s1. The average Bonchev–Trinajstić information content (AvgIpc) is 2.91. The zero-order valence-electron chi connectivity index (χ0n) is 14.7. The van der Waals surface area contributed by atoms with Crippen molar-refractivity contribution in [3.63, 3.8) is 0 Å². The van der Waals surface area contributed by atoms with Gasteiger partial charge < -0.3 is 9.47 Å². The van der Waals surface area contributed by atoms with E-state index in [-0.39, 0.29) is 29.5 Å². The van der Waals surface area contributed by atoms with Gasteiger partial charge in [-0.2, -0.15) is 0 Å². The highest BCUT2D eigenvalue weighted by molar-refractivity contribution is 5.92. The quantitative estimate of drug-likeness (QED) is 0.565. The summed E-state index contributed by atoms with van der Waals surface area (Å²) in [6.45, 7) is 8.19. The first kappa shape index (κ1) is 18.4. The van der Waals surface area contributed by atoms with E-state index in [9.17, 15) is 9.59 Å². The van der Waals surface area contributed by atoms with Crippen molar-refractivity contribution in [2.75, 3.05) is 7.11 Å². The monoisotopic (exact) mass is 330 g/mol. The van der Waals surface area contributed by atoms with Crippen molar-refractivity contribution in [3.8, 4) is 0 Å². The summed E-state index contributed by atoms with van der Waals surface area (Å²) in [5, 5.41) is 0. The second kappa shape index (κ2) is 7.31. The molecule has 24 heavy (non-hydrogen) atoms. The smallest absolute Gasteiger partial charge is 0.306 e. The van der Waals surface area contributed by atoms with Crippen molar-refractivity contribution in [1.82, 2.24) is 0 Å². The van der Waals surface area contributed by atoms with E-state index in [0.717, 1.165) is 5.56 Å². The third-order valence-corrected chi connectivity index (χ3v) is 5.06. The zero-order chi connectivity index (χ0) is 17.8. The Kier molecular flexibility index (Phi) is 5.60. The van der Waals surface area contributed by atoms with Crippen molar-refractivity contribution in [3.05, 3.63) is 48.6 Å². The Bertz CT molecular complexity index is 605. The van der Waals surface area contributed by atoms with Crippen molar-refractivity contribution < 1.29 is 19.1 Å². The largest absolute Gasteiger partial charge is 0.469 e. The van der Waals surface area contributed by atoms with Gasteiger partial charge in [-0.1, -0.05) is 56.8 Å². The maximum absolute atomic E-state index is 12.6. The fraction of sp³-hybridized carbons (Fsp3) is 0.500. The number of carbonyl (C=O) groups excluding carboxylic acids is 2. The number of methoxy groups -OCH3 is 1. The molecule has 4 nitrogen and oxygen atoms in total. The highest BCUT2D eigenvalue weighted by atomic mass is 16.5. The van der Waals surface area contributed by atoms with Crippen molar-refractivity contribution in [2.45, 2.75) is 45.3 Å². The summed E-state index contributed by atoms with van der Waals surface area (Å²) in [7, 11) is 1.38. The third-order valence-electron chi connectivity index (χ3n) is 5.06. The van der Waals surface area contributed by atoms with Crippen LogP contribution in [0, 0.1) is 11.3 Å². The van der Waals surface area contributed by atoms with Crippen LogP contribution in [0.25, 0.3) is 0 Å². The number of carbonyl (C=O) groups is 2. The molecule has 0 spiro atoms. The molecule has 0 bridgehead atoms. The molecule has 1 aromatic carbocycles. The molecule has 1 fully saturated rings. The van der Waals surface area contributed by atoms with E-state index in [4.69, 9.17) is 9.47 Å². The maximum Gasteiger partial charge on any atom is 0.306 e. The highest BCUT2D eigenvalue weighted by Gasteiger charge is 2.50. The van der Waals surface area contributed by atoms with Gasteiger partial charge >= 0.3 is 5.97 Å². The minimum absolute atomic E-state index is 0.0383. The van der Waals surface area contributed by atoms with Crippen LogP contribution in [-0.4, -0.2) is 24.5 Å². The van der Waals surface area contributed by atoms with E-state index in [1.54, 1.807) is 6.08 Å². The molecule has 2 atom stereocenters. The molecule has 2 rings (SSSR count). The van der Waals surface area contributed by atoms with Crippen molar-refractivity contribution in [1.29, 1.82) is 0 Å². The molecule has 1 aromatic rings. The fourth-order valence-electron chi connectivity index (χ4n) is 3.27. The molecule has 1 aliphatic carbocycles. The molecule has 0 aromatic heterocycles. The lowest BCUT2D eigenvalue weighted by molar-refractivity contribution is -0.143. The van der Waals surface area contributed by atoms with E-state index in [1.807, 2.05) is 44.2 Å². The van der Waals surface area contributed by atoms with Crippen LogP contribution in [0.15, 0.2) is 43.0 Å². The summed E-state index contributed by atoms with van der Waals surface area (Å²) in [6.07, 6.45) is 2.84. The van der Waals surface area contributed by atoms with Crippen LogP contribution in [0.1, 0.15) is 38.7 Å². The second-order valence-corrected chi connectivity index (χ2v) is 7.14. The summed E-state index contributed by atoms with van der Waals surface area (Å²) in [5.74, 6) is -0.164. The van der Waals surface area contributed by atoms with Crippen LogP contribution in [0.2, 0.25) is 0 Å². The third kappa shape index (κ3) is 3.93. The van der Waals surface area contributed by atoms with Crippen LogP contribution >= 0.6 is 0 Å². The Morgan fingerprint density at radius 1 is 1.38 bits per heavy atom. The number of ketones is 1. The van der Waals surface area contributed by atoms with Gasteiger partial charge in [-0.05, 0) is 23.3 Å². The molecular formula is C20H26O4. The maximum atomic E-state index is 12.6. The van der Waals surface area contributed by atoms with Crippen LogP contribution in [0.5, 0.6) is 0 Å². The molecule has 4 heteroatoms. The first-order valence-corrected chi connectivity index (χ1v) is 8.24. The Balaban J connectivity index is 2.10. The molecule has 1 saturated carbocycles. The van der Waals surface area contributed by atoms with Crippen LogP contribution < -0.4 is 0 Å². The van der Waals surface area contributed by atoms with Gasteiger partial charge in [-0.15, -0.1) is 0 Å². The highest BCUT2D eigenvalue weighted by Crippen LogP contribution is 2.46. The van der Waals surface area contributed by atoms with Gasteiger partial charge in [0.1, 0.15) is 5.60 Å². The predicted octanol–water partition coefficient (Wildman–Crippen LogP) is 3.70. The molecule has 0 N–H and O–H groups in total. The van der Waals surface area contributed by atoms with E-state index in [2.05, 4.69) is 6.58 Å². The Morgan fingerprint density at radius 3 is 2.62 bits per heavy atom. The van der Waals surface area contributed by atoms with Crippen LogP contribution in [0.3, 0.4) is 0 Å². The first-order chi connectivity index (χ1) is 11.3. The van der Waals surface area contributed by atoms with Gasteiger partial charge in [0, 0.05) is 6.42 Å². The minimum atomic E-state index is -0.964. The molecule has 130 valence electrons. The lowest BCUT2D eigenvalue weighted by Gasteiger charge is -2.32. The normalized spacial score (nSPS) is 24.0. The number of benzene rings is 1. The summed E-state index contributed by atoms with van der Waals surface area (Å²) >= 11 is 0. The second-order valence-electron chi connectivity index (χ2n) is 7.14. The number of hydrogen-bond donors (Lipinski definition) is 0. The molecule has 0 saturated heterocycles. The van der Waals surface area contributed by atoms with Crippen LogP contribution in [-0.2, 0) is 25.7 Å². The Hall–Kier alpha value is -1.94. The van der Waals surface area contributed by atoms with E-state index in [0.29, 0.717) is 19.4 Å². The molecule has 0 amide bonds. The lowest BCUT2D eigenvalue weighted by Crippen LogP contribution is -2.35. The van der Waals surface area contributed by atoms with Gasteiger partial charge in [0.15, 0.2) is 5.78 Å². The summed E-state index contributed by atoms with van der Waals surface area (Å²) in [6, 6.07) is 9.76. The molecule has 0 radical (unpaired) electrons. The SMILES string of the molecule is C=C[C@]1(OCc2ccccc2)CC(C(C)(C)CC(=O)OC)CC1=O. The Morgan fingerprint density at radius 2 is 2.04 bits per heavy atom. The van der Waals surface area contributed by atoms with E-state index < -0.39 is 5.60 Å². The molecule has 1 unspecified atom stereocenters. The van der Waals surface area contributed by atoms with Crippen molar-refractivity contribution in [2.24, 2.45) is 11.3 Å². The first-order valence-electron chi connectivity index (χ1n) is 8.24. The number of rotatable bonds is 7. The number of ether oxygens (including phenoxy) is 2. The molecule has 0 aliphatic heterocycles. The molecular weight excluding hydrogens is 304 g/mol. The van der Waals surface area contributed by atoms with E-state index >= 15 is 0 Å². The number of Topliss-reactive ketones (excluding diaryl/α,β-unsaturated/α-hetero) is 1. The average molecular weight is 330 g/mol. The van der Waals surface area contributed by atoms with Gasteiger partial charge in [0.2, 0.25) is 0 Å². The fourth-order valence-corrected chi connectivity index (χ4v) is 3.27. The molecule has 0 heterocycles. The van der Waals surface area contributed by atoms with E-state index in [1.165, 1.54) is 7.11 Å². The van der Waals surface area contributed by atoms with Gasteiger partial charge in [-0.25, -0.2) is 0 Å². The van der Waals surface area contributed by atoms with Crippen LogP contribution in [0.4, 0.5) is 0 Å². The summed E-state index contributed by atoms with van der Waals surface area (Å²) in [4.78, 5) is 24.3. The summed E-state index contributed by atoms with van der Waals surface area (Å²) in [5.41, 5.74) is -0.277. The lowest BCUT2D eigenvalue weighted by atomic mass is 9.74. The van der Waals surface area contributed by atoms with Gasteiger partial charge in [-0.3, -0.25) is 9.59 Å².